The molecular weight excluding hydrogens is 344 g/mol. The van der Waals surface area contributed by atoms with Crippen LogP contribution in [-0.2, 0) is 0 Å². The van der Waals surface area contributed by atoms with Crippen molar-refractivity contribution in [2.45, 2.75) is 0 Å². The average molecular weight is 366 g/mol. The molecule has 1 aromatic heterocycles. The van der Waals surface area contributed by atoms with Crippen LogP contribution in [0.4, 0.5) is 11.6 Å². The largest absolute Gasteiger partial charge is 0.493 e. The number of nitrogens with one attached hydrogen (secondary N) is 1. The van der Waals surface area contributed by atoms with Gasteiger partial charge in [-0.05, 0) is 18.2 Å². The van der Waals surface area contributed by atoms with Gasteiger partial charge in [0.15, 0.2) is 11.5 Å². The quantitative estimate of drug-likeness (QED) is 0.764. The van der Waals surface area contributed by atoms with Crippen LogP contribution in [0.1, 0.15) is 0 Å². The van der Waals surface area contributed by atoms with E-state index in [-0.39, 0.29) is 5.56 Å². The molecule has 0 atom stereocenters. The zero-order valence-corrected chi connectivity index (χ0v) is 15.4. The lowest BCUT2D eigenvalue weighted by Crippen LogP contribution is -2.47. The van der Waals surface area contributed by atoms with Crippen LogP contribution in [0, 0.1) is 0 Å². The number of nitrogens with zero attached hydrogens (tertiary/aromatic N) is 3. The fourth-order valence-corrected chi connectivity index (χ4v) is 3.42. The number of aromatic nitrogens is 2. The van der Waals surface area contributed by atoms with Gasteiger partial charge in [-0.1, -0.05) is 18.2 Å². The molecule has 2 aromatic carbocycles. The summed E-state index contributed by atoms with van der Waals surface area (Å²) in [5.74, 6) is 1.66. The highest BCUT2D eigenvalue weighted by Crippen LogP contribution is 2.30. The van der Waals surface area contributed by atoms with E-state index >= 15 is 0 Å². The maximum absolute atomic E-state index is 12.6. The smallest absolute Gasteiger partial charge is 0.260 e. The third-order valence-corrected chi connectivity index (χ3v) is 4.90. The molecule has 1 saturated heterocycles. The topological polar surface area (TPSA) is 70.7 Å². The Kier molecular flexibility index (Phi) is 4.58. The third-order valence-electron chi connectivity index (χ3n) is 4.90. The molecule has 27 heavy (non-hydrogen) atoms. The third kappa shape index (κ3) is 3.28. The number of H-pyrrole nitrogens is 1. The number of methoxy groups -OCH3 is 2. The van der Waals surface area contributed by atoms with E-state index in [1.807, 2.05) is 18.2 Å². The Morgan fingerprint density at radius 2 is 1.56 bits per heavy atom. The summed E-state index contributed by atoms with van der Waals surface area (Å²) in [4.78, 5) is 24.6. The Bertz CT molecular complexity index is 995. The summed E-state index contributed by atoms with van der Waals surface area (Å²) in [6, 6.07) is 13.8. The summed E-state index contributed by atoms with van der Waals surface area (Å²) < 4.78 is 10.6. The second kappa shape index (κ2) is 7.19. The predicted molar refractivity (Wildman–Crippen MR) is 106 cm³/mol. The van der Waals surface area contributed by atoms with Crippen LogP contribution in [0.5, 0.6) is 11.5 Å². The van der Waals surface area contributed by atoms with Gasteiger partial charge in [0.1, 0.15) is 0 Å². The van der Waals surface area contributed by atoms with Crippen LogP contribution in [-0.4, -0.2) is 50.4 Å². The highest BCUT2D eigenvalue weighted by Gasteiger charge is 2.20. The Morgan fingerprint density at radius 1 is 0.926 bits per heavy atom. The highest BCUT2D eigenvalue weighted by atomic mass is 16.5. The molecule has 0 saturated carbocycles. The molecule has 4 rings (SSSR count). The van der Waals surface area contributed by atoms with E-state index in [4.69, 9.17) is 9.47 Å². The lowest BCUT2D eigenvalue weighted by atomic mass is 10.2. The summed E-state index contributed by atoms with van der Waals surface area (Å²) in [7, 11) is 3.12. The Balaban J connectivity index is 1.60. The second-order valence-electron chi connectivity index (χ2n) is 6.42. The van der Waals surface area contributed by atoms with E-state index in [2.05, 4.69) is 31.9 Å². The van der Waals surface area contributed by atoms with Crippen molar-refractivity contribution < 1.29 is 9.47 Å². The monoisotopic (exact) mass is 366 g/mol. The SMILES string of the molecule is COc1cc2nc(N3CCN(c4ccccc4)CC3)[nH]c(=O)c2cc1OC. The van der Waals surface area contributed by atoms with Crippen molar-refractivity contribution in [3.8, 4) is 11.5 Å². The molecule has 3 aromatic rings. The molecule has 0 unspecified atom stereocenters. The summed E-state index contributed by atoms with van der Waals surface area (Å²) in [5, 5.41) is 0.485. The number of hydrogen-bond donors (Lipinski definition) is 1. The maximum atomic E-state index is 12.6. The normalized spacial score (nSPS) is 14.4. The molecule has 1 aliphatic heterocycles. The number of piperazine rings is 1. The van der Waals surface area contributed by atoms with E-state index in [0.29, 0.717) is 28.4 Å². The molecule has 0 bridgehead atoms. The minimum atomic E-state index is -0.179. The van der Waals surface area contributed by atoms with Gasteiger partial charge in [-0.25, -0.2) is 4.98 Å². The number of rotatable bonds is 4. The number of aromatic amines is 1. The average Bonchev–Trinajstić information content (AvgIpc) is 2.73. The number of fused-ring (bicyclic) bond motifs is 1. The molecule has 2 heterocycles. The van der Waals surface area contributed by atoms with Crippen molar-refractivity contribution in [2.75, 3.05) is 50.2 Å². The van der Waals surface area contributed by atoms with Gasteiger partial charge < -0.3 is 19.3 Å². The Hall–Kier alpha value is -3.22. The van der Waals surface area contributed by atoms with Crippen LogP contribution in [0.3, 0.4) is 0 Å². The summed E-state index contributed by atoms with van der Waals surface area (Å²) in [5.41, 5.74) is 1.63. The van der Waals surface area contributed by atoms with Crippen molar-refractivity contribution in [3.05, 3.63) is 52.8 Å². The van der Waals surface area contributed by atoms with E-state index in [1.54, 1.807) is 26.4 Å². The second-order valence-corrected chi connectivity index (χ2v) is 6.42. The van der Waals surface area contributed by atoms with Crippen molar-refractivity contribution in [3.63, 3.8) is 0 Å². The first-order chi connectivity index (χ1) is 13.2. The summed E-state index contributed by atoms with van der Waals surface area (Å²) in [6.45, 7) is 3.32. The van der Waals surface area contributed by atoms with Gasteiger partial charge >= 0.3 is 0 Å². The standard InChI is InChI=1S/C20H22N4O3/c1-26-17-12-15-16(13-18(17)27-2)21-20(22-19(15)25)24-10-8-23(9-11-24)14-6-4-3-5-7-14/h3-7,12-13H,8-11H2,1-2H3,(H,21,22,25). The van der Waals surface area contributed by atoms with Crippen LogP contribution in [0.15, 0.2) is 47.3 Å². The molecule has 1 aliphatic rings. The van der Waals surface area contributed by atoms with Crippen molar-refractivity contribution in [2.24, 2.45) is 0 Å². The number of benzene rings is 2. The molecule has 0 spiro atoms. The molecule has 1 N–H and O–H groups in total. The van der Waals surface area contributed by atoms with Crippen molar-refractivity contribution >= 4 is 22.5 Å². The Labute approximate surface area is 157 Å². The molecule has 0 aliphatic carbocycles. The minimum Gasteiger partial charge on any atom is -0.493 e. The number of ether oxygens (including phenoxy) is 2. The van der Waals surface area contributed by atoms with Gasteiger partial charge in [-0.2, -0.15) is 0 Å². The molecule has 140 valence electrons. The lowest BCUT2D eigenvalue weighted by molar-refractivity contribution is 0.355. The fraction of sp³-hybridized carbons (Fsp3) is 0.300. The molecule has 7 heteroatoms. The van der Waals surface area contributed by atoms with Gasteiger partial charge in [-0.3, -0.25) is 9.78 Å². The van der Waals surface area contributed by atoms with E-state index < -0.39 is 0 Å². The van der Waals surface area contributed by atoms with Gasteiger partial charge in [0.25, 0.3) is 5.56 Å². The zero-order valence-electron chi connectivity index (χ0n) is 15.4. The summed E-state index contributed by atoms with van der Waals surface area (Å²) >= 11 is 0. The Morgan fingerprint density at radius 3 is 2.22 bits per heavy atom. The van der Waals surface area contributed by atoms with E-state index in [9.17, 15) is 4.79 Å². The van der Waals surface area contributed by atoms with Crippen molar-refractivity contribution in [1.82, 2.24) is 9.97 Å². The molecule has 0 amide bonds. The first-order valence-electron chi connectivity index (χ1n) is 8.90. The minimum absolute atomic E-state index is 0.179. The number of para-hydroxylation sites is 1. The predicted octanol–water partition coefficient (Wildman–Crippen LogP) is 2.27. The number of anilines is 2. The van der Waals surface area contributed by atoms with E-state index in [1.165, 1.54) is 5.69 Å². The fourth-order valence-electron chi connectivity index (χ4n) is 3.42. The van der Waals surface area contributed by atoms with Gasteiger partial charge in [0.05, 0.1) is 25.1 Å². The molecule has 1 fully saturated rings. The van der Waals surface area contributed by atoms with Crippen LogP contribution in [0.25, 0.3) is 10.9 Å². The summed E-state index contributed by atoms with van der Waals surface area (Å²) in [6.07, 6.45) is 0. The van der Waals surface area contributed by atoms with Gasteiger partial charge in [0.2, 0.25) is 5.95 Å². The van der Waals surface area contributed by atoms with Gasteiger partial charge in [-0.15, -0.1) is 0 Å². The molecule has 7 nitrogen and oxygen atoms in total. The molecule has 0 radical (unpaired) electrons. The maximum Gasteiger partial charge on any atom is 0.260 e. The first-order valence-corrected chi connectivity index (χ1v) is 8.90. The highest BCUT2D eigenvalue weighted by molar-refractivity contribution is 5.82. The van der Waals surface area contributed by atoms with Crippen molar-refractivity contribution in [1.29, 1.82) is 0 Å². The van der Waals surface area contributed by atoms with Crippen LogP contribution >= 0.6 is 0 Å². The van der Waals surface area contributed by atoms with Crippen LogP contribution in [0.2, 0.25) is 0 Å². The lowest BCUT2D eigenvalue weighted by Gasteiger charge is -2.36. The van der Waals surface area contributed by atoms with Gasteiger partial charge in [0, 0.05) is 37.9 Å². The van der Waals surface area contributed by atoms with E-state index in [0.717, 1.165) is 26.2 Å². The van der Waals surface area contributed by atoms with Crippen LogP contribution < -0.4 is 24.8 Å². The molecular formula is C20H22N4O3. The zero-order chi connectivity index (χ0) is 18.8. The first kappa shape index (κ1) is 17.2. The number of hydrogen-bond acceptors (Lipinski definition) is 6.